The van der Waals surface area contributed by atoms with E-state index in [9.17, 15) is 9.59 Å². The summed E-state index contributed by atoms with van der Waals surface area (Å²) in [6, 6.07) is 1.72. The fourth-order valence-electron chi connectivity index (χ4n) is 4.82. The molecular formula is C21H29N5O2S. The van der Waals surface area contributed by atoms with Crippen molar-refractivity contribution in [2.75, 3.05) is 45.8 Å². The van der Waals surface area contributed by atoms with Gasteiger partial charge >= 0.3 is 0 Å². The van der Waals surface area contributed by atoms with Crippen molar-refractivity contribution < 1.29 is 4.79 Å². The van der Waals surface area contributed by atoms with Crippen molar-refractivity contribution in [3.8, 4) is 0 Å². The number of nitrogens with zero attached hydrogens (tertiary/aromatic N) is 5. The summed E-state index contributed by atoms with van der Waals surface area (Å²) in [4.78, 5) is 38.7. The van der Waals surface area contributed by atoms with Crippen molar-refractivity contribution in [3.05, 3.63) is 32.7 Å². The van der Waals surface area contributed by atoms with Crippen molar-refractivity contribution in [1.29, 1.82) is 0 Å². The van der Waals surface area contributed by atoms with Crippen LogP contribution in [0.2, 0.25) is 0 Å². The van der Waals surface area contributed by atoms with E-state index in [0.29, 0.717) is 13.1 Å². The summed E-state index contributed by atoms with van der Waals surface area (Å²) in [5.74, 6) is 0.276. The lowest BCUT2D eigenvalue weighted by molar-refractivity contribution is -0.131. The fourth-order valence-corrected chi connectivity index (χ4v) is 6.05. The summed E-state index contributed by atoms with van der Waals surface area (Å²) >= 11 is 1.69. The topological polar surface area (TPSA) is 61.2 Å². The van der Waals surface area contributed by atoms with E-state index in [1.54, 1.807) is 17.4 Å². The Hall–Kier alpha value is -1.77. The zero-order valence-corrected chi connectivity index (χ0v) is 17.8. The Morgan fingerprint density at radius 3 is 2.48 bits per heavy atom. The van der Waals surface area contributed by atoms with Crippen LogP contribution in [0.5, 0.6) is 0 Å². The van der Waals surface area contributed by atoms with Crippen LogP contribution in [0, 0.1) is 0 Å². The Balaban J connectivity index is 1.21. The number of amides is 1. The lowest BCUT2D eigenvalue weighted by Crippen LogP contribution is -2.49. The maximum absolute atomic E-state index is 12.7. The zero-order valence-electron chi connectivity index (χ0n) is 16.9. The SMILES string of the molecule is O=C(CN1CCN(Cc2cc(=O)n3c4c(sc3n2)CCCC4)CC1)N1CCCC1. The number of hydrogen-bond donors (Lipinski definition) is 0. The van der Waals surface area contributed by atoms with Gasteiger partial charge in [-0.15, -0.1) is 11.3 Å². The van der Waals surface area contributed by atoms with Crippen LogP contribution in [0.3, 0.4) is 0 Å². The van der Waals surface area contributed by atoms with E-state index in [1.807, 2.05) is 9.30 Å². The third-order valence-electron chi connectivity index (χ3n) is 6.48. The normalized spacial score (nSPS) is 21.0. The Labute approximate surface area is 174 Å². The first-order valence-electron chi connectivity index (χ1n) is 10.9. The first-order valence-corrected chi connectivity index (χ1v) is 11.7. The minimum absolute atomic E-state index is 0.0687. The summed E-state index contributed by atoms with van der Waals surface area (Å²) in [6.45, 7) is 6.72. The molecule has 8 heteroatoms. The van der Waals surface area contributed by atoms with Crippen LogP contribution in [0.1, 0.15) is 41.9 Å². The van der Waals surface area contributed by atoms with Gasteiger partial charge in [0.2, 0.25) is 5.91 Å². The van der Waals surface area contributed by atoms with E-state index in [2.05, 4.69) is 9.80 Å². The smallest absolute Gasteiger partial charge is 0.259 e. The molecule has 1 aliphatic carbocycles. The molecule has 4 heterocycles. The van der Waals surface area contributed by atoms with E-state index in [1.165, 1.54) is 17.0 Å². The number of thiazole rings is 1. The third-order valence-corrected chi connectivity index (χ3v) is 7.63. The Morgan fingerprint density at radius 1 is 0.966 bits per heavy atom. The lowest BCUT2D eigenvalue weighted by atomic mass is 10.0. The van der Waals surface area contributed by atoms with E-state index in [4.69, 9.17) is 4.98 Å². The molecule has 0 aromatic carbocycles. The highest BCUT2D eigenvalue weighted by atomic mass is 32.1. The molecule has 2 aliphatic heterocycles. The van der Waals surface area contributed by atoms with Gasteiger partial charge in [-0.05, 0) is 38.5 Å². The highest BCUT2D eigenvalue weighted by Crippen LogP contribution is 2.28. The summed E-state index contributed by atoms with van der Waals surface area (Å²) in [7, 11) is 0. The molecule has 2 aromatic heterocycles. The van der Waals surface area contributed by atoms with Gasteiger partial charge in [-0.3, -0.25) is 23.8 Å². The van der Waals surface area contributed by atoms with Crippen molar-refractivity contribution in [2.45, 2.75) is 45.1 Å². The molecule has 0 unspecified atom stereocenters. The quantitative estimate of drug-likeness (QED) is 0.755. The average molecular weight is 416 g/mol. The Kier molecular flexibility index (Phi) is 5.41. The lowest BCUT2D eigenvalue weighted by Gasteiger charge is -2.34. The molecule has 2 aromatic rings. The molecule has 156 valence electrons. The number of rotatable bonds is 4. The molecule has 3 aliphatic rings. The molecule has 5 rings (SSSR count). The Morgan fingerprint density at radius 2 is 1.69 bits per heavy atom. The van der Waals surface area contributed by atoms with Gasteiger partial charge < -0.3 is 4.90 Å². The number of likely N-dealkylation sites (tertiary alicyclic amines) is 1. The minimum atomic E-state index is 0.0687. The predicted molar refractivity (Wildman–Crippen MR) is 114 cm³/mol. The predicted octanol–water partition coefficient (Wildman–Crippen LogP) is 1.37. The molecule has 29 heavy (non-hydrogen) atoms. The zero-order chi connectivity index (χ0) is 19.8. The number of aryl methyl sites for hydroxylation is 2. The van der Waals surface area contributed by atoms with E-state index < -0.39 is 0 Å². The summed E-state index contributed by atoms with van der Waals surface area (Å²) in [5.41, 5.74) is 2.13. The maximum Gasteiger partial charge on any atom is 0.259 e. The van der Waals surface area contributed by atoms with Crippen molar-refractivity contribution in [3.63, 3.8) is 0 Å². The van der Waals surface area contributed by atoms with Crippen LogP contribution in [-0.2, 0) is 24.2 Å². The summed E-state index contributed by atoms with van der Waals surface area (Å²) in [6.07, 6.45) is 6.74. The van der Waals surface area contributed by atoms with Crippen LogP contribution in [0.4, 0.5) is 0 Å². The summed E-state index contributed by atoms with van der Waals surface area (Å²) < 4.78 is 1.84. The molecule has 2 saturated heterocycles. The van der Waals surface area contributed by atoms with Crippen LogP contribution in [-0.4, -0.2) is 75.8 Å². The molecule has 2 fully saturated rings. The van der Waals surface area contributed by atoms with E-state index in [0.717, 1.165) is 82.0 Å². The van der Waals surface area contributed by atoms with Gasteiger partial charge in [0.1, 0.15) is 0 Å². The molecule has 1 amide bonds. The van der Waals surface area contributed by atoms with Gasteiger partial charge in [0.25, 0.3) is 5.56 Å². The average Bonchev–Trinajstić information content (AvgIpc) is 3.37. The standard InChI is InChI=1S/C21H29N5O2S/c27-19-13-16(22-21-26(19)17-5-1-2-6-18(17)29-21)14-23-9-11-24(12-10-23)15-20(28)25-7-3-4-8-25/h13H,1-12,14-15H2. The Bertz CT molecular complexity index is 954. The van der Waals surface area contributed by atoms with E-state index >= 15 is 0 Å². The third kappa shape index (κ3) is 3.98. The van der Waals surface area contributed by atoms with Gasteiger partial charge in [0, 0.05) is 62.5 Å². The molecule has 0 atom stereocenters. The van der Waals surface area contributed by atoms with Crippen LogP contribution >= 0.6 is 11.3 Å². The van der Waals surface area contributed by atoms with Gasteiger partial charge in [0.05, 0.1) is 12.2 Å². The van der Waals surface area contributed by atoms with E-state index in [-0.39, 0.29) is 11.5 Å². The van der Waals surface area contributed by atoms with Gasteiger partial charge in [-0.25, -0.2) is 4.98 Å². The number of carbonyl (C=O) groups is 1. The number of piperazine rings is 1. The first kappa shape index (κ1) is 19.2. The molecule has 0 spiro atoms. The second-order valence-electron chi connectivity index (χ2n) is 8.52. The largest absolute Gasteiger partial charge is 0.342 e. The van der Waals surface area contributed by atoms with Crippen LogP contribution in [0.25, 0.3) is 4.96 Å². The number of fused-ring (bicyclic) bond motifs is 3. The van der Waals surface area contributed by atoms with Crippen molar-refractivity contribution in [1.82, 2.24) is 24.1 Å². The van der Waals surface area contributed by atoms with Crippen LogP contribution in [0.15, 0.2) is 10.9 Å². The highest BCUT2D eigenvalue weighted by Gasteiger charge is 2.24. The number of carbonyl (C=O) groups excluding carboxylic acids is 1. The molecule has 0 radical (unpaired) electrons. The molecular weight excluding hydrogens is 386 g/mol. The highest BCUT2D eigenvalue weighted by molar-refractivity contribution is 7.17. The number of aromatic nitrogens is 2. The minimum Gasteiger partial charge on any atom is -0.342 e. The molecule has 0 N–H and O–H groups in total. The van der Waals surface area contributed by atoms with Crippen LogP contribution < -0.4 is 5.56 Å². The van der Waals surface area contributed by atoms with Crippen molar-refractivity contribution in [2.24, 2.45) is 0 Å². The van der Waals surface area contributed by atoms with Gasteiger partial charge in [-0.1, -0.05) is 0 Å². The second-order valence-corrected chi connectivity index (χ2v) is 9.59. The summed E-state index contributed by atoms with van der Waals surface area (Å²) in [5, 5.41) is 0. The van der Waals surface area contributed by atoms with Gasteiger partial charge in [0.15, 0.2) is 4.96 Å². The number of hydrogen-bond acceptors (Lipinski definition) is 6. The molecule has 7 nitrogen and oxygen atoms in total. The second kappa shape index (κ2) is 8.16. The van der Waals surface area contributed by atoms with Crippen molar-refractivity contribution >= 4 is 22.2 Å². The van der Waals surface area contributed by atoms with Gasteiger partial charge in [-0.2, -0.15) is 0 Å². The maximum atomic E-state index is 12.7. The molecule has 0 bridgehead atoms. The first-order chi connectivity index (χ1) is 14.2. The molecule has 0 saturated carbocycles. The monoisotopic (exact) mass is 415 g/mol. The fraction of sp³-hybridized carbons (Fsp3) is 0.667.